The number of rotatable bonds is 6. The summed E-state index contributed by atoms with van der Waals surface area (Å²) in [6.45, 7) is 4.40. The molecule has 1 amide bonds. The first-order valence-corrected chi connectivity index (χ1v) is 8.61. The molecular formula is C20H20N4O3. The first-order chi connectivity index (χ1) is 13.0. The molecule has 7 nitrogen and oxygen atoms in total. The highest BCUT2D eigenvalue weighted by atomic mass is 16.6. The number of aromatic nitrogens is 2. The fourth-order valence-corrected chi connectivity index (χ4v) is 2.75. The molecule has 27 heavy (non-hydrogen) atoms. The van der Waals surface area contributed by atoms with Gasteiger partial charge in [-0.3, -0.25) is 14.9 Å². The van der Waals surface area contributed by atoms with Crippen molar-refractivity contribution in [2.45, 2.75) is 26.4 Å². The van der Waals surface area contributed by atoms with Gasteiger partial charge in [0.15, 0.2) is 5.69 Å². The van der Waals surface area contributed by atoms with Crippen molar-refractivity contribution in [2.75, 3.05) is 0 Å². The molecule has 7 heteroatoms. The van der Waals surface area contributed by atoms with Gasteiger partial charge in [-0.1, -0.05) is 36.4 Å². The fraction of sp³-hybridized carbons (Fsp3) is 0.200. The Labute approximate surface area is 157 Å². The van der Waals surface area contributed by atoms with Gasteiger partial charge in [0.1, 0.15) is 0 Å². The van der Waals surface area contributed by atoms with Gasteiger partial charge in [-0.05, 0) is 31.5 Å². The number of non-ortho nitro benzene ring substituents is 1. The highest BCUT2D eigenvalue weighted by molar-refractivity contribution is 5.92. The monoisotopic (exact) mass is 364 g/mol. The van der Waals surface area contributed by atoms with Crippen LogP contribution < -0.4 is 0 Å². The molecule has 0 aliphatic carbocycles. The third-order valence-electron chi connectivity index (χ3n) is 4.19. The Morgan fingerprint density at radius 1 is 1.15 bits per heavy atom. The predicted octanol–water partition coefficient (Wildman–Crippen LogP) is 3.83. The molecule has 138 valence electrons. The number of carbonyl (C=O) groups excluding carboxylic acids is 1. The minimum Gasteiger partial charge on any atom is -0.331 e. The van der Waals surface area contributed by atoms with Crippen LogP contribution in [0.4, 0.5) is 5.69 Å². The average Bonchev–Trinajstić information content (AvgIpc) is 3.16. The van der Waals surface area contributed by atoms with Gasteiger partial charge < -0.3 is 4.90 Å². The maximum absolute atomic E-state index is 13.0. The lowest BCUT2D eigenvalue weighted by Crippen LogP contribution is -2.36. The van der Waals surface area contributed by atoms with E-state index in [2.05, 4.69) is 5.10 Å². The van der Waals surface area contributed by atoms with E-state index in [1.54, 1.807) is 29.3 Å². The molecule has 1 heterocycles. The lowest BCUT2D eigenvalue weighted by molar-refractivity contribution is -0.384. The minimum atomic E-state index is -0.459. The number of carbonyl (C=O) groups is 1. The molecule has 2 aromatic carbocycles. The summed E-state index contributed by atoms with van der Waals surface area (Å²) in [5.74, 6) is -0.182. The molecule has 3 aromatic rings. The van der Waals surface area contributed by atoms with Crippen molar-refractivity contribution >= 4 is 11.6 Å². The summed E-state index contributed by atoms with van der Waals surface area (Å²) in [7, 11) is 0. The number of nitro benzene ring substituents is 1. The van der Waals surface area contributed by atoms with E-state index in [1.807, 2.05) is 44.2 Å². The second kappa shape index (κ2) is 7.82. The smallest absolute Gasteiger partial charge is 0.274 e. The molecule has 0 bridgehead atoms. The fourth-order valence-electron chi connectivity index (χ4n) is 2.75. The molecule has 0 N–H and O–H groups in total. The van der Waals surface area contributed by atoms with E-state index in [9.17, 15) is 14.9 Å². The summed E-state index contributed by atoms with van der Waals surface area (Å²) in [5, 5.41) is 15.3. The molecular weight excluding hydrogens is 344 g/mol. The zero-order valence-corrected chi connectivity index (χ0v) is 15.1. The van der Waals surface area contributed by atoms with E-state index in [1.165, 1.54) is 16.8 Å². The second-order valence-electron chi connectivity index (χ2n) is 6.43. The van der Waals surface area contributed by atoms with E-state index < -0.39 is 4.92 Å². The van der Waals surface area contributed by atoms with Crippen molar-refractivity contribution in [3.05, 3.63) is 88.2 Å². The van der Waals surface area contributed by atoms with E-state index in [0.717, 1.165) is 5.56 Å². The third-order valence-corrected chi connectivity index (χ3v) is 4.19. The van der Waals surface area contributed by atoms with Crippen LogP contribution in [-0.2, 0) is 6.54 Å². The summed E-state index contributed by atoms with van der Waals surface area (Å²) < 4.78 is 1.47. The molecule has 0 radical (unpaired) electrons. The van der Waals surface area contributed by atoms with Crippen molar-refractivity contribution in [3.63, 3.8) is 0 Å². The Bertz CT molecular complexity index is 951. The van der Waals surface area contributed by atoms with E-state index >= 15 is 0 Å². The van der Waals surface area contributed by atoms with Crippen molar-refractivity contribution in [1.29, 1.82) is 0 Å². The molecule has 0 atom stereocenters. The average molecular weight is 364 g/mol. The maximum atomic E-state index is 13.0. The van der Waals surface area contributed by atoms with Gasteiger partial charge in [0.2, 0.25) is 0 Å². The molecule has 0 aliphatic heterocycles. The van der Waals surface area contributed by atoms with Crippen LogP contribution in [0.1, 0.15) is 29.9 Å². The van der Waals surface area contributed by atoms with Gasteiger partial charge in [-0.25, -0.2) is 4.68 Å². The SMILES string of the molecule is CC(C)N(Cc1ccccc1)C(=O)c1ccn(-c2cccc([N+](=O)[O-])c2)n1. The number of nitro groups is 1. The summed E-state index contributed by atoms with van der Waals surface area (Å²) in [6, 6.07) is 17.5. The van der Waals surface area contributed by atoms with Gasteiger partial charge >= 0.3 is 0 Å². The zero-order valence-electron chi connectivity index (χ0n) is 15.1. The molecule has 0 unspecified atom stereocenters. The minimum absolute atomic E-state index is 0.000619. The van der Waals surface area contributed by atoms with E-state index in [4.69, 9.17) is 0 Å². The number of hydrogen-bond acceptors (Lipinski definition) is 4. The largest absolute Gasteiger partial charge is 0.331 e. The number of nitrogens with zero attached hydrogens (tertiary/aromatic N) is 4. The van der Waals surface area contributed by atoms with Gasteiger partial charge in [-0.2, -0.15) is 5.10 Å². The van der Waals surface area contributed by atoms with Crippen LogP contribution in [0.15, 0.2) is 66.9 Å². The van der Waals surface area contributed by atoms with Crippen molar-refractivity contribution in [3.8, 4) is 5.69 Å². The van der Waals surface area contributed by atoms with Gasteiger partial charge in [0, 0.05) is 30.9 Å². The Kier molecular flexibility index (Phi) is 5.30. The first kappa shape index (κ1) is 18.3. The van der Waals surface area contributed by atoms with E-state index in [-0.39, 0.29) is 17.6 Å². The third kappa shape index (κ3) is 4.20. The number of benzene rings is 2. The molecule has 0 spiro atoms. The number of hydrogen-bond donors (Lipinski definition) is 0. The number of amides is 1. The molecule has 0 aliphatic rings. The Balaban J connectivity index is 1.84. The van der Waals surface area contributed by atoms with Crippen molar-refractivity contribution in [2.24, 2.45) is 0 Å². The van der Waals surface area contributed by atoms with Crippen LogP contribution in [0.5, 0.6) is 0 Å². The van der Waals surface area contributed by atoms with Crippen molar-refractivity contribution in [1.82, 2.24) is 14.7 Å². The molecule has 3 rings (SSSR count). The van der Waals surface area contributed by atoms with Gasteiger partial charge in [0.25, 0.3) is 11.6 Å². The summed E-state index contributed by atoms with van der Waals surface area (Å²) in [4.78, 5) is 25.2. The van der Waals surface area contributed by atoms with Crippen LogP contribution in [0.25, 0.3) is 5.69 Å². The van der Waals surface area contributed by atoms with E-state index in [0.29, 0.717) is 17.9 Å². The topological polar surface area (TPSA) is 81.3 Å². The maximum Gasteiger partial charge on any atom is 0.274 e. The summed E-state index contributed by atoms with van der Waals surface area (Å²) in [6.07, 6.45) is 1.63. The van der Waals surface area contributed by atoms with Crippen LogP contribution >= 0.6 is 0 Å². The van der Waals surface area contributed by atoms with Crippen LogP contribution in [0, 0.1) is 10.1 Å². The summed E-state index contributed by atoms with van der Waals surface area (Å²) in [5.41, 5.74) is 1.84. The normalized spacial score (nSPS) is 10.8. The summed E-state index contributed by atoms with van der Waals surface area (Å²) >= 11 is 0. The Morgan fingerprint density at radius 2 is 1.89 bits per heavy atom. The van der Waals surface area contributed by atoms with Crippen molar-refractivity contribution < 1.29 is 9.72 Å². The van der Waals surface area contributed by atoms with Crippen LogP contribution in [-0.4, -0.2) is 31.6 Å². The lowest BCUT2D eigenvalue weighted by Gasteiger charge is -2.26. The highest BCUT2D eigenvalue weighted by Gasteiger charge is 2.21. The lowest BCUT2D eigenvalue weighted by atomic mass is 10.2. The standard InChI is InChI=1S/C20H20N4O3/c1-15(2)22(14-16-7-4-3-5-8-16)20(25)19-11-12-23(21-19)17-9-6-10-18(13-17)24(26)27/h3-13,15H,14H2,1-2H3. The van der Waals surface area contributed by atoms with Gasteiger partial charge in [0.05, 0.1) is 10.6 Å². The Hall–Kier alpha value is -3.48. The molecule has 0 fully saturated rings. The predicted molar refractivity (Wildman–Crippen MR) is 102 cm³/mol. The van der Waals surface area contributed by atoms with Gasteiger partial charge in [-0.15, -0.1) is 0 Å². The Morgan fingerprint density at radius 3 is 2.56 bits per heavy atom. The molecule has 0 saturated heterocycles. The molecule has 1 aromatic heterocycles. The quantitative estimate of drug-likeness (QED) is 0.492. The van der Waals surface area contributed by atoms with Crippen LogP contribution in [0.3, 0.4) is 0 Å². The highest BCUT2D eigenvalue weighted by Crippen LogP contribution is 2.18. The first-order valence-electron chi connectivity index (χ1n) is 8.61. The zero-order chi connectivity index (χ0) is 19.4. The second-order valence-corrected chi connectivity index (χ2v) is 6.43. The molecule has 0 saturated carbocycles. The van der Waals surface area contributed by atoms with Crippen LogP contribution in [0.2, 0.25) is 0 Å².